The fourth-order valence-electron chi connectivity index (χ4n) is 6.78. The van der Waals surface area contributed by atoms with Gasteiger partial charge in [-0.2, -0.15) is 0 Å². The van der Waals surface area contributed by atoms with E-state index < -0.39 is 83.9 Å². The van der Waals surface area contributed by atoms with Gasteiger partial charge in [0, 0.05) is 49.8 Å². The van der Waals surface area contributed by atoms with Gasteiger partial charge < -0.3 is 46.9 Å². The number of aliphatic carboxylic acids is 2. The summed E-state index contributed by atoms with van der Waals surface area (Å²) in [5, 5.41) is 42.8. The number of carbonyl (C=O) groups is 7. The number of benzene rings is 3. The van der Waals surface area contributed by atoms with Crippen molar-refractivity contribution in [2.75, 3.05) is 7.05 Å². The number of phenols is 1. The number of fused-ring (bicyclic) bond motifs is 1. The zero-order chi connectivity index (χ0) is 41.1. The number of hydrogen-bond donors (Lipinski definition) is 9. The highest BCUT2D eigenvalue weighted by atomic mass is 16.4. The minimum Gasteiger partial charge on any atom is -0.508 e. The summed E-state index contributed by atoms with van der Waals surface area (Å²) in [6.45, 7) is 0. The lowest BCUT2D eigenvalue weighted by atomic mass is 9.73. The molecule has 5 amide bonds. The Morgan fingerprint density at radius 2 is 1.19 bits per heavy atom. The molecule has 16 nitrogen and oxygen atoms in total. The van der Waals surface area contributed by atoms with Gasteiger partial charge in [-0.1, -0.05) is 60.7 Å². The molecule has 57 heavy (non-hydrogen) atoms. The van der Waals surface area contributed by atoms with Gasteiger partial charge in [0.2, 0.25) is 29.5 Å². The molecule has 300 valence electrons. The van der Waals surface area contributed by atoms with E-state index in [9.17, 15) is 48.9 Å². The van der Waals surface area contributed by atoms with Crippen molar-refractivity contribution in [2.24, 2.45) is 11.8 Å². The molecular formula is C41H46N6O10. The highest BCUT2D eigenvalue weighted by Crippen LogP contribution is 2.34. The first-order chi connectivity index (χ1) is 27.3. The number of likely N-dealkylation sites (N-methyl/N-ethyl adjacent to an activating group) is 1. The Labute approximate surface area is 327 Å². The number of H-pyrrole nitrogens is 1. The number of nitrogens with one attached hydrogen (secondary N) is 6. The molecule has 1 heterocycles. The summed E-state index contributed by atoms with van der Waals surface area (Å²) in [6.07, 6.45) is 1.41. The van der Waals surface area contributed by atoms with E-state index in [0.717, 1.165) is 16.5 Å². The van der Waals surface area contributed by atoms with E-state index in [1.807, 2.05) is 24.3 Å². The Hall–Kier alpha value is -6.71. The Bertz CT molecular complexity index is 2090. The highest BCUT2D eigenvalue weighted by molar-refractivity contribution is 5.97. The molecule has 5 rings (SSSR count). The summed E-state index contributed by atoms with van der Waals surface area (Å²) in [6, 6.07) is 16.8. The van der Waals surface area contributed by atoms with Gasteiger partial charge in [-0.15, -0.1) is 0 Å². The highest BCUT2D eigenvalue weighted by Gasteiger charge is 2.42. The Morgan fingerprint density at radius 1 is 0.649 bits per heavy atom. The molecule has 1 aliphatic carbocycles. The maximum atomic E-state index is 14.1. The fraction of sp³-hybridized carbons (Fsp3) is 0.341. The lowest BCUT2D eigenvalue weighted by Gasteiger charge is -2.33. The van der Waals surface area contributed by atoms with Gasteiger partial charge in [-0.05, 0) is 54.2 Å². The second kappa shape index (κ2) is 19.2. The van der Waals surface area contributed by atoms with Crippen molar-refractivity contribution in [2.45, 2.75) is 69.1 Å². The predicted octanol–water partition coefficient (Wildman–Crippen LogP) is 1.56. The minimum atomic E-state index is -1.45. The first kappa shape index (κ1) is 41.5. The summed E-state index contributed by atoms with van der Waals surface area (Å²) in [4.78, 5) is 94.8. The lowest BCUT2D eigenvalue weighted by Crippen LogP contribution is -2.59. The fourth-order valence-corrected chi connectivity index (χ4v) is 6.78. The summed E-state index contributed by atoms with van der Waals surface area (Å²) < 4.78 is 0. The number of amides is 5. The van der Waals surface area contributed by atoms with Crippen molar-refractivity contribution in [3.8, 4) is 5.75 Å². The molecule has 6 atom stereocenters. The maximum Gasteiger partial charge on any atom is 0.307 e. The van der Waals surface area contributed by atoms with E-state index in [4.69, 9.17) is 0 Å². The minimum absolute atomic E-state index is 0.0248. The Balaban J connectivity index is 1.38. The van der Waals surface area contributed by atoms with Crippen molar-refractivity contribution < 1.29 is 48.9 Å². The summed E-state index contributed by atoms with van der Waals surface area (Å²) in [7, 11) is 1.41. The van der Waals surface area contributed by atoms with Crippen LogP contribution in [0.25, 0.3) is 10.9 Å². The van der Waals surface area contributed by atoms with Crippen LogP contribution in [-0.4, -0.2) is 93.0 Å². The number of rotatable bonds is 19. The molecule has 1 fully saturated rings. The molecule has 16 heteroatoms. The number of carboxylic acid groups (broad SMARTS) is 2. The number of aromatic hydroxyl groups is 1. The second-order valence-electron chi connectivity index (χ2n) is 14.0. The largest absolute Gasteiger partial charge is 0.508 e. The topological polar surface area (TPSA) is 256 Å². The van der Waals surface area contributed by atoms with Gasteiger partial charge in [-0.25, -0.2) is 0 Å². The molecule has 4 aromatic rings. The van der Waals surface area contributed by atoms with Crippen LogP contribution in [0.1, 0.15) is 42.4 Å². The smallest absolute Gasteiger partial charge is 0.307 e. The Kier molecular flexibility index (Phi) is 14.0. The molecule has 9 N–H and O–H groups in total. The van der Waals surface area contributed by atoms with Crippen LogP contribution in [0.3, 0.4) is 0 Å². The van der Waals surface area contributed by atoms with Crippen molar-refractivity contribution in [3.05, 3.63) is 102 Å². The van der Waals surface area contributed by atoms with Crippen LogP contribution in [0.15, 0.2) is 85.1 Å². The van der Waals surface area contributed by atoms with Crippen molar-refractivity contribution >= 4 is 52.4 Å². The van der Waals surface area contributed by atoms with Crippen LogP contribution in [0.2, 0.25) is 0 Å². The van der Waals surface area contributed by atoms with E-state index in [2.05, 4.69) is 31.6 Å². The molecule has 0 bridgehead atoms. The van der Waals surface area contributed by atoms with Gasteiger partial charge >= 0.3 is 11.9 Å². The van der Waals surface area contributed by atoms with Gasteiger partial charge in [0.1, 0.15) is 29.9 Å². The third-order valence-corrected chi connectivity index (χ3v) is 10.1. The van der Waals surface area contributed by atoms with Gasteiger partial charge in [0.15, 0.2) is 0 Å². The normalized spacial score (nSPS) is 16.8. The molecule has 1 aromatic heterocycles. The van der Waals surface area contributed by atoms with Crippen molar-refractivity contribution in [1.82, 2.24) is 31.6 Å². The lowest BCUT2D eigenvalue weighted by molar-refractivity contribution is -0.153. The van der Waals surface area contributed by atoms with Crippen LogP contribution >= 0.6 is 0 Å². The average molecular weight is 783 g/mol. The number of aromatic nitrogens is 1. The van der Waals surface area contributed by atoms with Crippen LogP contribution in [0.5, 0.6) is 5.75 Å². The maximum absolute atomic E-state index is 14.1. The summed E-state index contributed by atoms with van der Waals surface area (Å²) in [5.74, 6) is -7.76. The van der Waals surface area contributed by atoms with Crippen LogP contribution < -0.4 is 26.6 Å². The van der Waals surface area contributed by atoms with Gasteiger partial charge in [0.25, 0.3) is 0 Å². The second-order valence-corrected chi connectivity index (χ2v) is 14.0. The van der Waals surface area contributed by atoms with Crippen LogP contribution in [0, 0.1) is 11.8 Å². The standard InChI is InChI=1S/C41H46N6O10/c1-42-37(52)34(21-25-22-43-30-10-6-5-9-27(25)30)47-38(53)31(17-18-35(49)50)44-39(54)33(19-23-7-3-2-4-8-23)46-40(55)32(20-24-11-13-26(48)14-12-24)45-36(51)28-15-16-29(28)41(56)57/h2-14,22,28-29,31-34,43,48H,15-21H2,1H3,(H,42,52)(H,44,54)(H,45,51)(H,46,55)(H,47,53)(H,49,50)(H,56,57)/t28?,29?,31-,32-,33-,34-/m0/s1. The third-order valence-electron chi connectivity index (χ3n) is 10.1. The molecule has 0 aliphatic heterocycles. The van der Waals surface area contributed by atoms with Gasteiger partial charge in [-0.3, -0.25) is 33.6 Å². The van der Waals surface area contributed by atoms with E-state index >= 15 is 0 Å². The molecular weight excluding hydrogens is 736 g/mol. The van der Waals surface area contributed by atoms with Crippen molar-refractivity contribution in [3.63, 3.8) is 0 Å². The molecule has 1 saturated carbocycles. The van der Waals surface area contributed by atoms with Gasteiger partial charge in [0.05, 0.1) is 11.8 Å². The monoisotopic (exact) mass is 782 g/mol. The summed E-state index contributed by atoms with van der Waals surface area (Å²) in [5.41, 5.74) is 2.73. The molecule has 0 radical (unpaired) electrons. The predicted molar refractivity (Wildman–Crippen MR) is 206 cm³/mol. The zero-order valence-corrected chi connectivity index (χ0v) is 31.2. The van der Waals surface area contributed by atoms with E-state index in [1.165, 1.54) is 19.2 Å². The zero-order valence-electron chi connectivity index (χ0n) is 31.2. The molecule has 0 spiro atoms. The first-order valence-electron chi connectivity index (χ1n) is 18.6. The van der Waals surface area contributed by atoms with Crippen molar-refractivity contribution in [1.29, 1.82) is 0 Å². The summed E-state index contributed by atoms with van der Waals surface area (Å²) >= 11 is 0. The third kappa shape index (κ3) is 11.2. The van der Waals surface area contributed by atoms with Crippen LogP contribution in [0.4, 0.5) is 0 Å². The van der Waals surface area contributed by atoms with E-state index in [1.54, 1.807) is 48.7 Å². The molecule has 2 unspecified atom stereocenters. The number of carbonyl (C=O) groups excluding carboxylic acids is 5. The SMILES string of the molecule is CNC(=O)[C@H](Cc1c[nH]c2ccccc12)NC(=O)[C@H](CCC(=O)O)NC(=O)[C@H](Cc1ccccc1)NC(=O)[C@H](Cc1ccc(O)cc1)NC(=O)C1CCC1C(=O)O. The van der Waals surface area contributed by atoms with E-state index in [0.29, 0.717) is 24.0 Å². The number of phenolic OH excluding ortho intramolecular Hbond substituents is 1. The number of carboxylic acids is 2. The Morgan fingerprint density at radius 3 is 1.79 bits per heavy atom. The quantitative estimate of drug-likeness (QED) is 0.0664. The number of para-hydroxylation sites is 1. The molecule has 0 saturated heterocycles. The van der Waals surface area contributed by atoms with Crippen LogP contribution in [-0.2, 0) is 52.8 Å². The number of hydrogen-bond acceptors (Lipinski definition) is 8. The first-order valence-corrected chi connectivity index (χ1v) is 18.6. The molecule has 1 aliphatic rings. The average Bonchev–Trinajstić information content (AvgIpc) is 3.58. The number of aromatic amines is 1. The molecule has 3 aromatic carbocycles. The van der Waals surface area contributed by atoms with E-state index in [-0.39, 0.29) is 31.4 Å².